The van der Waals surface area contributed by atoms with Crippen LogP contribution in [0.4, 0.5) is 0 Å². The molecule has 0 unspecified atom stereocenters. The molecule has 0 saturated heterocycles. The maximum atomic E-state index is 11.5. The molecule has 5 nitrogen and oxygen atoms in total. The highest BCUT2D eigenvalue weighted by Crippen LogP contribution is 2.45. The summed E-state index contributed by atoms with van der Waals surface area (Å²) in [6, 6.07) is 0. The highest BCUT2D eigenvalue weighted by molar-refractivity contribution is 5.80. The summed E-state index contributed by atoms with van der Waals surface area (Å²) in [6.45, 7) is 2.47. The fraction of sp³-hybridized carbons (Fsp3) is 0.909. The van der Waals surface area contributed by atoms with E-state index in [1.807, 2.05) is 0 Å². The van der Waals surface area contributed by atoms with Crippen LogP contribution in [-0.2, 0) is 19.0 Å². The van der Waals surface area contributed by atoms with Crippen molar-refractivity contribution in [3.63, 3.8) is 0 Å². The summed E-state index contributed by atoms with van der Waals surface area (Å²) >= 11 is 0. The van der Waals surface area contributed by atoms with Gasteiger partial charge in [-0.3, -0.25) is 4.79 Å². The second-order valence-corrected chi connectivity index (χ2v) is 4.08. The molecule has 1 aliphatic rings. The van der Waals surface area contributed by atoms with Crippen LogP contribution in [0.25, 0.3) is 0 Å². The summed E-state index contributed by atoms with van der Waals surface area (Å²) < 4.78 is 15.2. The number of hydrogen-bond acceptors (Lipinski definition) is 5. The molecule has 2 N–H and O–H groups in total. The maximum absolute atomic E-state index is 11.5. The standard InChI is InChI=1S/C11H21NO4/c1-14-5-2-6-15-7-8-16-10(13)11(9-12)3-4-11/h2-9,12H2,1H3. The molecule has 1 aliphatic carbocycles. The quantitative estimate of drug-likeness (QED) is 0.457. The summed E-state index contributed by atoms with van der Waals surface area (Å²) in [7, 11) is 1.66. The monoisotopic (exact) mass is 231 g/mol. The third kappa shape index (κ3) is 4.08. The lowest BCUT2D eigenvalue weighted by Gasteiger charge is -2.11. The molecule has 0 spiro atoms. The molecule has 0 radical (unpaired) electrons. The Hall–Kier alpha value is -0.650. The number of methoxy groups -OCH3 is 1. The number of carbonyl (C=O) groups is 1. The lowest BCUT2D eigenvalue weighted by molar-refractivity contribution is -0.151. The first-order valence-corrected chi connectivity index (χ1v) is 5.69. The van der Waals surface area contributed by atoms with Gasteiger partial charge in [0.05, 0.1) is 12.0 Å². The zero-order valence-corrected chi connectivity index (χ0v) is 9.87. The van der Waals surface area contributed by atoms with Gasteiger partial charge in [0.2, 0.25) is 0 Å². The summed E-state index contributed by atoms with van der Waals surface area (Å²) in [5.74, 6) is -0.171. The van der Waals surface area contributed by atoms with Crippen LogP contribution in [0.5, 0.6) is 0 Å². The molecule has 0 bridgehead atoms. The predicted octanol–water partition coefficient (Wildman–Crippen LogP) is 0.322. The number of rotatable bonds is 9. The first kappa shape index (κ1) is 13.4. The molecule has 0 aromatic carbocycles. The molecule has 0 aromatic heterocycles. The van der Waals surface area contributed by atoms with Crippen molar-refractivity contribution in [3.05, 3.63) is 0 Å². The van der Waals surface area contributed by atoms with Gasteiger partial charge >= 0.3 is 5.97 Å². The molecule has 0 amide bonds. The molecule has 16 heavy (non-hydrogen) atoms. The van der Waals surface area contributed by atoms with Crippen LogP contribution >= 0.6 is 0 Å². The van der Waals surface area contributed by atoms with E-state index in [2.05, 4.69) is 0 Å². The van der Waals surface area contributed by atoms with Crippen molar-refractivity contribution < 1.29 is 19.0 Å². The predicted molar refractivity (Wildman–Crippen MR) is 59.0 cm³/mol. The average molecular weight is 231 g/mol. The SMILES string of the molecule is COCCCOCCOC(=O)C1(CN)CC1. The van der Waals surface area contributed by atoms with Crippen molar-refractivity contribution in [2.75, 3.05) is 40.1 Å². The van der Waals surface area contributed by atoms with Gasteiger partial charge in [-0.05, 0) is 19.3 Å². The Bertz CT molecular complexity index is 216. The van der Waals surface area contributed by atoms with E-state index in [0.29, 0.717) is 33.0 Å². The summed E-state index contributed by atoms with van der Waals surface area (Å²) in [6.07, 6.45) is 2.57. The van der Waals surface area contributed by atoms with Crippen molar-refractivity contribution in [1.29, 1.82) is 0 Å². The summed E-state index contributed by atoms with van der Waals surface area (Å²) in [5.41, 5.74) is 5.14. The van der Waals surface area contributed by atoms with Gasteiger partial charge in [0.15, 0.2) is 0 Å². The van der Waals surface area contributed by atoms with Crippen molar-refractivity contribution in [2.45, 2.75) is 19.3 Å². The summed E-state index contributed by atoms with van der Waals surface area (Å²) in [5, 5.41) is 0. The van der Waals surface area contributed by atoms with E-state index in [1.54, 1.807) is 7.11 Å². The first-order chi connectivity index (χ1) is 7.75. The molecule has 94 valence electrons. The van der Waals surface area contributed by atoms with Crippen LogP contribution in [0.15, 0.2) is 0 Å². The topological polar surface area (TPSA) is 70.8 Å². The third-order valence-corrected chi connectivity index (χ3v) is 2.78. The van der Waals surface area contributed by atoms with Crippen molar-refractivity contribution >= 4 is 5.97 Å². The number of ether oxygens (including phenoxy) is 3. The van der Waals surface area contributed by atoms with Crippen LogP contribution in [0.1, 0.15) is 19.3 Å². The van der Waals surface area contributed by atoms with Crippen LogP contribution < -0.4 is 5.73 Å². The van der Waals surface area contributed by atoms with Crippen molar-refractivity contribution in [3.8, 4) is 0 Å². The second-order valence-electron chi connectivity index (χ2n) is 4.08. The van der Waals surface area contributed by atoms with Gasteiger partial charge in [0.1, 0.15) is 6.61 Å². The van der Waals surface area contributed by atoms with Crippen LogP contribution in [0.2, 0.25) is 0 Å². The zero-order chi connectivity index (χ0) is 11.9. The molecule has 1 fully saturated rings. The minimum Gasteiger partial charge on any atom is -0.463 e. The van der Waals surface area contributed by atoms with Gasteiger partial charge in [-0.15, -0.1) is 0 Å². The lowest BCUT2D eigenvalue weighted by atomic mass is 10.1. The van der Waals surface area contributed by atoms with Crippen molar-refractivity contribution in [1.82, 2.24) is 0 Å². The molecule has 5 heteroatoms. The average Bonchev–Trinajstić information content (AvgIpc) is 3.08. The van der Waals surface area contributed by atoms with Crippen LogP contribution in [-0.4, -0.2) is 46.1 Å². The van der Waals surface area contributed by atoms with E-state index in [1.165, 1.54) is 0 Å². The molecular weight excluding hydrogens is 210 g/mol. The van der Waals surface area contributed by atoms with E-state index in [-0.39, 0.29) is 11.4 Å². The van der Waals surface area contributed by atoms with Gasteiger partial charge in [0, 0.05) is 26.9 Å². The van der Waals surface area contributed by atoms with E-state index in [9.17, 15) is 4.79 Å². The Morgan fingerprint density at radius 2 is 2.00 bits per heavy atom. The van der Waals surface area contributed by atoms with Gasteiger partial charge in [-0.2, -0.15) is 0 Å². The Labute approximate surface area is 96.2 Å². The Morgan fingerprint density at radius 1 is 1.25 bits per heavy atom. The highest BCUT2D eigenvalue weighted by Gasteiger charge is 2.50. The number of esters is 1. The highest BCUT2D eigenvalue weighted by atomic mass is 16.6. The molecule has 0 aromatic rings. The maximum Gasteiger partial charge on any atom is 0.313 e. The Kier molecular flexibility index (Phi) is 5.73. The number of carbonyl (C=O) groups excluding carboxylic acids is 1. The minimum atomic E-state index is -0.365. The second kappa shape index (κ2) is 6.83. The van der Waals surface area contributed by atoms with E-state index in [4.69, 9.17) is 19.9 Å². The first-order valence-electron chi connectivity index (χ1n) is 5.69. The number of nitrogens with two attached hydrogens (primary N) is 1. The number of hydrogen-bond donors (Lipinski definition) is 1. The van der Waals surface area contributed by atoms with Crippen LogP contribution in [0, 0.1) is 5.41 Å². The smallest absolute Gasteiger partial charge is 0.313 e. The van der Waals surface area contributed by atoms with Crippen LogP contribution in [0.3, 0.4) is 0 Å². The van der Waals surface area contributed by atoms with Gasteiger partial charge < -0.3 is 19.9 Å². The fourth-order valence-electron chi connectivity index (χ4n) is 1.40. The molecule has 0 atom stereocenters. The van der Waals surface area contributed by atoms with E-state index >= 15 is 0 Å². The molecule has 1 rings (SSSR count). The van der Waals surface area contributed by atoms with E-state index in [0.717, 1.165) is 19.3 Å². The van der Waals surface area contributed by atoms with Gasteiger partial charge in [-0.1, -0.05) is 0 Å². The lowest BCUT2D eigenvalue weighted by Crippen LogP contribution is -2.28. The third-order valence-electron chi connectivity index (χ3n) is 2.78. The van der Waals surface area contributed by atoms with Gasteiger partial charge in [-0.25, -0.2) is 0 Å². The minimum absolute atomic E-state index is 0.171. The largest absolute Gasteiger partial charge is 0.463 e. The Morgan fingerprint density at radius 3 is 2.56 bits per heavy atom. The Balaban J connectivity index is 1.93. The molecule has 0 aliphatic heterocycles. The van der Waals surface area contributed by atoms with E-state index < -0.39 is 0 Å². The normalized spacial score (nSPS) is 17.1. The zero-order valence-electron chi connectivity index (χ0n) is 9.87. The molecule has 0 heterocycles. The molecule has 1 saturated carbocycles. The van der Waals surface area contributed by atoms with Crippen molar-refractivity contribution in [2.24, 2.45) is 11.1 Å². The summed E-state index contributed by atoms with van der Waals surface area (Å²) in [4.78, 5) is 11.5. The van der Waals surface area contributed by atoms with Gasteiger partial charge in [0.25, 0.3) is 0 Å². The fourth-order valence-corrected chi connectivity index (χ4v) is 1.40. The molecular formula is C11H21NO4.